The van der Waals surface area contributed by atoms with Crippen molar-refractivity contribution >= 4 is 23.3 Å². The maximum atomic E-state index is 12.7. The van der Waals surface area contributed by atoms with Crippen LogP contribution in [-0.2, 0) is 11.2 Å². The third-order valence-electron chi connectivity index (χ3n) is 5.83. The van der Waals surface area contributed by atoms with E-state index in [4.69, 9.17) is 11.6 Å². The highest BCUT2D eigenvalue weighted by atomic mass is 35.5. The van der Waals surface area contributed by atoms with Crippen LogP contribution in [0.2, 0.25) is 5.02 Å². The Bertz CT molecular complexity index is 865. The smallest absolute Gasteiger partial charge is 0.220 e. The fourth-order valence-electron chi connectivity index (χ4n) is 3.75. The minimum atomic E-state index is 0.0473. The first-order chi connectivity index (χ1) is 14.7. The van der Waals surface area contributed by atoms with Crippen LogP contribution < -0.4 is 5.32 Å². The number of carbonyl (C=O) groups is 2. The predicted octanol–water partition coefficient (Wildman–Crippen LogP) is 5.35. The number of Topliss-reactive ketones (excluding diaryl/α,β-unsaturated/α-hetero) is 1. The standard InChI is InChI=1S/C26H35ClN2O2/c1-6-25(30)22-13-12-19(15-24(22)27)14-21(29(4)5)17-28-26(31)16-23(18(2)3)20-10-8-7-9-11-20/h7-13,15,18,21,23H,6,14,16-17H2,1-5H3,(H,28,31)/t21-,23-/m0/s1. The first-order valence-corrected chi connectivity index (χ1v) is 11.4. The summed E-state index contributed by atoms with van der Waals surface area (Å²) >= 11 is 6.33. The van der Waals surface area contributed by atoms with Crippen molar-refractivity contribution in [2.75, 3.05) is 20.6 Å². The molecule has 0 aromatic heterocycles. The van der Waals surface area contributed by atoms with Crippen molar-refractivity contribution in [3.63, 3.8) is 0 Å². The first-order valence-electron chi connectivity index (χ1n) is 11.0. The van der Waals surface area contributed by atoms with Gasteiger partial charge in [0, 0.05) is 31.0 Å². The molecule has 5 heteroatoms. The van der Waals surface area contributed by atoms with Crippen LogP contribution in [0.4, 0.5) is 0 Å². The molecule has 2 rings (SSSR count). The second kappa shape index (κ2) is 12.0. The Kier molecular flexibility index (Phi) is 9.73. The normalized spacial score (nSPS) is 13.3. The van der Waals surface area contributed by atoms with E-state index in [0.717, 1.165) is 12.0 Å². The van der Waals surface area contributed by atoms with Gasteiger partial charge in [-0.3, -0.25) is 9.59 Å². The largest absolute Gasteiger partial charge is 0.355 e. The lowest BCUT2D eigenvalue weighted by Gasteiger charge is -2.26. The summed E-state index contributed by atoms with van der Waals surface area (Å²) < 4.78 is 0. The summed E-state index contributed by atoms with van der Waals surface area (Å²) in [6.07, 6.45) is 1.65. The van der Waals surface area contributed by atoms with Crippen molar-refractivity contribution in [2.45, 2.75) is 52.0 Å². The Morgan fingerprint density at radius 3 is 2.29 bits per heavy atom. The predicted molar refractivity (Wildman–Crippen MR) is 129 cm³/mol. The highest BCUT2D eigenvalue weighted by molar-refractivity contribution is 6.34. The first kappa shape index (κ1) is 25.1. The van der Waals surface area contributed by atoms with Crippen LogP contribution in [0.3, 0.4) is 0 Å². The number of hydrogen-bond donors (Lipinski definition) is 1. The molecule has 2 atom stereocenters. The third kappa shape index (κ3) is 7.48. The van der Waals surface area contributed by atoms with Gasteiger partial charge in [0.1, 0.15) is 0 Å². The molecular weight excluding hydrogens is 408 g/mol. The summed E-state index contributed by atoms with van der Waals surface area (Å²) in [7, 11) is 4.02. The maximum absolute atomic E-state index is 12.7. The van der Waals surface area contributed by atoms with E-state index in [1.165, 1.54) is 5.56 Å². The molecule has 0 radical (unpaired) electrons. The topological polar surface area (TPSA) is 49.4 Å². The van der Waals surface area contributed by atoms with E-state index in [0.29, 0.717) is 35.9 Å². The van der Waals surface area contributed by atoms with Gasteiger partial charge >= 0.3 is 0 Å². The van der Waals surface area contributed by atoms with E-state index in [9.17, 15) is 9.59 Å². The Morgan fingerprint density at radius 1 is 1.06 bits per heavy atom. The van der Waals surface area contributed by atoms with Gasteiger partial charge in [0.25, 0.3) is 0 Å². The van der Waals surface area contributed by atoms with Crippen LogP contribution >= 0.6 is 11.6 Å². The van der Waals surface area contributed by atoms with Gasteiger partial charge in [0.2, 0.25) is 5.91 Å². The fraction of sp³-hybridized carbons (Fsp3) is 0.462. The summed E-state index contributed by atoms with van der Waals surface area (Å²) in [6, 6.07) is 16.0. The van der Waals surface area contributed by atoms with E-state index in [1.807, 2.05) is 57.4 Å². The molecule has 0 bridgehead atoms. The number of halogens is 1. The van der Waals surface area contributed by atoms with Crippen LogP contribution in [0, 0.1) is 5.92 Å². The van der Waals surface area contributed by atoms with Crippen molar-refractivity contribution in [3.05, 3.63) is 70.2 Å². The van der Waals surface area contributed by atoms with Gasteiger partial charge in [-0.2, -0.15) is 0 Å². The van der Waals surface area contributed by atoms with Crippen molar-refractivity contribution in [2.24, 2.45) is 5.92 Å². The van der Waals surface area contributed by atoms with Gasteiger partial charge in [0.15, 0.2) is 5.78 Å². The number of likely N-dealkylation sites (N-methyl/N-ethyl adjacent to an activating group) is 1. The molecule has 2 aromatic rings. The third-order valence-corrected chi connectivity index (χ3v) is 6.14. The van der Waals surface area contributed by atoms with Gasteiger partial charge < -0.3 is 10.2 Å². The Morgan fingerprint density at radius 2 is 1.74 bits per heavy atom. The number of nitrogens with one attached hydrogen (secondary N) is 1. The number of carbonyl (C=O) groups excluding carboxylic acids is 2. The second-order valence-electron chi connectivity index (χ2n) is 8.68. The molecule has 1 N–H and O–H groups in total. The molecule has 0 aliphatic carbocycles. The van der Waals surface area contributed by atoms with Gasteiger partial charge in [-0.15, -0.1) is 0 Å². The SMILES string of the molecule is CCC(=O)c1ccc(C[C@@H](CNC(=O)C[C@H](c2ccccc2)C(C)C)N(C)C)cc1Cl. The number of hydrogen-bond acceptors (Lipinski definition) is 3. The number of benzene rings is 2. The van der Waals surface area contributed by atoms with E-state index in [-0.39, 0.29) is 23.7 Å². The van der Waals surface area contributed by atoms with Crippen molar-refractivity contribution in [3.8, 4) is 0 Å². The van der Waals surface area contributed by atoms with Crippen molar-refractivity contribution in [1.82, 2.24) is 10.2 Å². The molecular formula is C26H35ClN2O2. The van der Waals surface area contributed by atoms with Crippen LogP contribution in [0.25, 0.3) is 0 Å². The zero-order valence-corrected chi connectivity index (χ0v) is 20.1. The number of nitrogens with zero attached hydrogens (tertiary/aromatic N) is 1. The molecule has 31 heavy (non-hydrogen) atoms. The van der Waals surface area contributed by atoms with E-state index >= 15 is 0 Å². The average Bonchev–Trinajstić information content (AvgIpc) is 2.74. The van der Waals surface area contributed by atoms with Gasteiger partial charge in [-0.05, 0) is 55.6 Å². The Labute approximate surface area is 192 Å². The molecule has 0 fully saturated rings. The highest BCUT2D eigenvalue weighted by Crippen LogP contribution is 2.27. The van der Waals surface area contributed by atoms with E-state index in [1.54, 1.807) is 0 Å². The van der Waals surface area contributed by atoms with Crippen LogP contribution in [0.15, 0.2) is 48.5 Å². The maximum Gasteiger partial charge on any atom is 0.220 e. The molecule has 0 spiro atoms. The second-order valence-corrected chi connectivity index (χ2v) is 9.09. The lowest BCUT2D eigenvalue weighted by atomic mass is 9.85. The van der Waals surface area contributed by atoms with E-state index < -0.39 is 0 Å². The lowest BCUT2D eigenvalue weighted by Crippen LogP contribution is -2.42. The minimum absolute atomic E-state index is 0.0473. The van der Waals surface area contributed by atoms with Crippen LogP contribution in [-0.4, -0.2) is 43.3 Å². The molecule has 168 valence electrons. The van der Waals surface area contributed by atoms with Crippen LogP contribution in [0.5, 0.6) is 0 Å². The van der Waals surface area contributed by atoms with Crippen LogP contribution in [0.1, 0.15) is 61.0 Å². The summed E-state index contributed by atoms with van der Waals surface area (Å²) in [5, 5.41) is 3.62. The summed E-state index contributed by atoms with van der Waals surface area (Å²) in [5.41, 5.74) is 2.83. The monoisotopic (exact) mass is 442 g/mol. The lowest BCUT2D eigenvalue weighted by molar-refractivity contribution is -0.121. The number of rotatable bonds is 11. The summed E-state index contributed by atoms with van der Waals surface area (Å²) in [5.74, 6) is 0.688. The Hall–Kier alpha value is -2.17. The summed E-state index contributed by atoms with van der Waals surface area (Å²) in [6.45, 7) is 6.70. The fourth-order valence-corrected chi connectivity index (χ4v) is 4.06. The number of amides is 1. The highest BCUT2D eigenvalue weighted by Gasteiger charge is 2.21. The molecule has 0 aliphatic rings. The van der Waals surface area contributed by atoms with Gasteiger partial charge in [-0.1, -0.05) is 68.8 Å². The van der Waals surface area contributed by atoms with Crippen molar-refractivity contribution in [1.29, 1.82) is 0 Å². The quantitative estimate of drug-likeness (QED) is 0.477. The molecule has 2 aromatic carbocycles. The molecule has 1 amide bonds. The Balaban J connectivity index is 1.99. The molecule has 0 heterocycles. The van der Waals surface area contributed by atoms with E-state index in [2.05, 4.69) is 36.2 Å². The average molecular weight is 443 g/mol. The number of ketones is 1. The zero-order chi connectivity index (χ0) is 23.0. The minimum Gasteiger partial charge on any atom is -0.355 e. The van der Waals surface area contributed by atoms with Gasteiger partial charge in [-0.25, -0.2) is 0 Å². The molecule has 0 saturated carbocycles. The molecule has 4 nitrogen and oxygen atoms in total. The molecule has 0 aliphatic heterocycles. The molecule has 0 unspecified atom stereocenters. The van der Waals surface area contributed by atoms with Gasteiger partial charge in [0.05, 0.1) is 5.02 Å². The zero-order valence-electron chi connectivity index (χ0n) is 19.3. The van der Waals surface area contributed by atoms with Crippen molar-refractivity contribution < 1.29 is 9.59 Å². The molecule has 0 saturated heterocycles. The summed E-state index contributed by atoms with van der Waals surface area (Å²) in [4.78, 5) is 26.8.